The Balaban J connectivity index is 1.87. The van der Waals surface area contributed by atoms with E-state index in [-0.39, 0.29) is 6.10 Å². The van der Waals surface area contributed by atoms with Crippen molar-refractivity contribution in [3.8, 4) is 0 Å². The Morgan fingerprint density at radius 1 is 1.65 bits per heavy atom. The average molecular weight is 255 g/mol. The minimum Gasteiger partial charge on any atom is -0.392 e. The van der Waals surface area contributed by atoms with Gasteiger partial charge in [-0.1, -0.05) is 0 Å². The minimum atomic E-state index is -0.282. The lowest BCUT2D eigenvalue weighted by molar-refractivity contribution is 0.0504. The largest absolute Gasteiger partial charge is 0.392 e. The molecule has 0 amide bonds. The second kappa shape index (κ2) is 6.50. The van der Waals surface area contributed by atoms with E-state index >= 15 is 0 Å². The molecule has 1 fully saturated rings. The Morgan fingerprint density at radius 3 is 3.12 bits per heavy atom. The van der Waals surface area contributed by atoms with Crippen LogP contribution >= 0.6 is 11.3 Å². The van der Waals surface area contributed by atoms with Gasteiger partial charge in [-0.15, -0.1) is 0 Å². The van der Waals surface area contributed by atoms with Crippen LogP contribution in [0.2, 0.25) is 0 Å². The van der Waals surface area contributed by atoms with Crippen LogP contribution in [0.4, 0.5) is 0 Å². The summed E-state index contributed by atoms with van der Waals surface area (Å²) in [5.41, 5.74) is 1.33. The van der Waals surface area contributed by atoms with Crippen LogP contribution in [0.5, 0.6) is 0 Å². The lowest BCUT2D eigenvalue weighted by atomic mass is 10.2. The van der Waals surface area contributed by atoms with Crippen LogP contribution in [-0.4, -0.2) is 41.9 Å². The van der Waals surface area contributed by atoms with Gasteiger partial charge in [0.05, 0.1) is 12.2 Å². The van der Waals surface area contributed by atoms with Gasteiger partial charge in [0.1, 0.15) is 0 Å². The van der Waals surface area contributed by atoms with Crippen molar-refractivity contribution in [1.82, 2.24) is 4.90 Å². The van der Waals surface area contributed by atoms with Gasteiger partial charge in [-0.05, 0) is 42.2 Å². The maximum absolute atomic E-state index is 9.55. The van der Waals surface area contributed by atoms with Crippen molar-refractivity contribution < 1.29 is 9.84 Å². The number of aliphatic hydroxyl groups excluding tert-OH is 1. The fraction of sp³-hybridized carbons (Fsp3) is 0.692. The minimum absolute atomic E-state index is 0.282. The van der Waals surface area contributed by atoms with Crippen molar-refractivity contribution in [2.75, 3.05) is 19.7 Å². The standard InChI is InChI=1S/C13H21NO2S/c1-11(15)7-14(8-12-4-6-17-10-12)9-13-3-2-5-16-13/h4,6,10-11,13,15H,2-3,5,7-9H2,1H3. The highest BCUT2D eigenvalue weighted by atomic mass is 32.1. The van der Waals surface area contributed by atoms with E-state index in [0.717, 1.165) is 32.7 Å². The highest BCUT2D eigenvalue weighted by molar-refractivity contribution is 7.07. The third-order valence-corrected chi connectivity index (χ3v) is 3.73. The van der Waals surface area contributed by atoms with Crippen LogP contribution in [0, 0.1) is 0 Å². The SMILES string of the molecule is CC(O)CN(Cc1ccsc1)CC1CCCO1. The molecule has 0 spiro atoms. The zero-order valence-electron chi connectivity index (χ0n) is 10.3. The smallest absolute Gasteiger partial charge is 0.0702 e. The fourth-order valence-corrected chi connectivity index (χ4v) is 2.95. The van der Waals surface area contributed by atoms with E-state index in [1.165, 1.54) is 12.0 Å². The zero-order valence-corrected chi connectivity index (χ0v) is 11.2. The first-order valence-corrected chi connectivity index (χ1v) is 7.21. The molecular weight excluding hydrogens is 234 g/mol. The molecule has 1 aromatic rings. The van der Waals surface area contributed by atoms with Crippen molar-refractivity contribution in [2.24, 2.45) is 0 Å². The third kappa shape index (κ3) is 4.39. The van der Waals surface area contributed by atoms with Crippen LogP contribution in [0.15, 0.2) is 16.8 Å². The molecule has 17 heavy (non-hydrogen) atoms. The quantitative estimate of drug-likeness (QED) is 0.845. The molecule has 0 saturated carbocycles. The van der Waals surface area contributed by atoms with Gasteiger partial charge in [0.2, 0.25) is 0 Å². The summed E-state index contributed by atoms with van der Waals surface area (Å²) in [7, 11) is 0. The monoisotopic (exact) mass is 255 g/mol. The lowest BCUT2D eigenvalue weighted by Gasteiger charge is -2.26. The van der Waals surface area contributed by atoms with Gasteiger partial charge in [0.15, 0.2) is 0 Å². The van der Waals surface area contributed by atoms with Gasteiger partial charge in [0.25, 0.3) is 0 Å². The molecule has 96 valence electrons. The number of thiophene rings is 1. The predicted octanol–water partition coefficient (Wildman–Crippen LogP) is 2.11. The molecule has 2 atom stereocenters. The highest BCUT2D eigenvalue weighted by Crippen LogP contribution is 2.16. The first kappa shape index (κ1) is 13.0. The van der Waals surface area contributed by atoms with Gasteiger partial charge in [-0.3, -0.25) is 4.90 Å². The topological polar surface area (TPSA) is 32.7 Å². The van der Waals surface area contributed by atoms with Crippen LogP contribution in [-0.2, 0) is 11.3 Å². The fourth-order valence-electron chi connectivity index (χ4n) is 2.29. The van der Waals surface area contributed by atoms with Crippen LogP contribution in [0.1, 0.15) is 25.3 Å². The van der Waals surface area contributed by atoms with Crippen LogP contribution < -0.4 is 0 Å². The van der Waals surface area contributed by atoms with Crippen LogP contribution in [0.25, 0.3) is 0 Å². The average Bonchev–Trinajstić information content (AvgIpc) is 2.89. The maximum Gasteiger partial charge on any atom is 0.0702 e. The van der Waals surface area contributed by atoms with E-state index < -0.39 is 0 Å². The summed E-state index contributed by atoms with van der Waals surface area (Å²) < 4.78 is 5.66. The summed E-state index contributed by atoms with van der Waals surface area (Å²) in [6.07, 6.45) is 2.40. The summed E-state index contributed by atoms with van der Waals surface area (Å²) in [4.78, 5) is 2.29. The molecule has 1 N–H and O–H groups in total. The van der Waals surface area contributed by atoms with Gasteiger partial charge in [0, 0.05) is 26.2 Å². The van der Waals surface area contributed by atoms with Crippen molar-refractivity contribution >= 4 is 11.3 Å². The van der Waals surface area contributed by atoms with Gasteiger partial charge in [-0.25, -0.2) is 0 Å². The number of ether oxygens (including phenoxy) is 1. The molecule has 1 aliphatic heterocycles. The van der Waals surface area contributed by atoms with Crippen molar-refractivity contribution in [3.63, 3.8) is 0 Å². The van der Waals surface area contributed by atoms with E-state index in [4.69, 9.17) is 4.74 Å². The molecule has 0 aromatic carbocycles. The lowest BCUT2D eigenvalue weighted by Crippen LogP contribution is -2.36. The number of rotatable bonds is 6. The highest BCUT2D eigenvalue weighted by Gasteiger charge is 2.20. The second-order valence-corrected chi connectivity index (χ2v) is 5.59. The van der Waals surface area contributed by atoms with Crippen molar-refractivity contribution in [3.05, 3.63) is 22.4 Å². The number of nitrogens with zero attached hydrogens (tertiary/aromatic N) is 1. The Hall–Kier alpha value is -0.420. The number of hydrogen-bond acceptors (Lipinski definition) is 4. The van der Waals surface area contributed by atoms with Gasteiger partial charge < -0.3 is 9.84 Å². The Bertz CT molecular complexity index is 307. The first-order chi connectivity index (χ1) is 8.24. The Kier molecular flexibility index (Phi) is 4.98. The van der Waals surface area contributed by atoms with E-state index in [9.17, 15) is 5.11 Å². The molecule has 1 aromatic heterocycles. The second-order valence-electron chi connectivity index (χ2n) is 4.81. The molecule has 2 heterocycles. The molecular formula is C13H21NO2S. The molecule has 2 unspecified atom stereocenters. The Morgan fingerprint density at radius 2 is 2.53 bits per heavy atom. The van der Waals surface area contributed by atoms with E-state index in [0.29, 0.717) is 6.10 Å². The summed E-state index contributed by atoms with van der Waals surface area (Å²) in [5.74, 6) is 0. The molecule has 0 aliphatic carbocycles. The zero-order chi connectivity index (χ0) is 12.1. The summed E-state index contributed by atoms with van der Waals surface area (Å²) in [5, 5.41) is 13.8. The van der Waals surface area contributed by atoms with Crippen LogP contribution in [0.3, 0.4) is 0 Å². The molecule has 1 aliphatic rings. The predicted molar refractivity (Wildman–Crippen MR) is 70.3 cm³/mol. The molecule has 2 rings (SSSR count). The molecule has 0 radical (unpaired) electrons. The molecule has 4 heteroatoms. The summed E-state index contributed by atoms with van der Waals surface area (Å²) in [6.45, 7) is 5.30. The van der Waals surface area contributed by atoms with E-state index in [1.807, 2.05) is 6.92 Å². The molecule has 1 saturated heterocycles. The molecule has 3 nitrogen and oxygen atoms in total. The Labute approximate surface area is 107 Å². The van der Waals surface area contributed by atoms with Gasteiger partial charge in [-0.2, -0.15) is 11.3 Å². The normalized spacial score (nSPS) is 22.2. The summed E-state index contributed by atoms with van der Waals surface area (Å²) >= 11 is 1.72. The number of aliphatic hydroxyl groups is 1. The third-order valence-electron chi connectivity index (χ3n) is 2.99. The van der Waals surface area contributed by atoms with E-state index in [2.05, 4.69) is 21.7 Å². The van der Waals surface area contributed by atoms with Gasteiger partial charge >= 0.3 is 0 Å². The van der Waals surface area contributed by atoms with E-state index in [1.54, 1.807) is 11.3 Å². The van der Waals surface area contributed by atoms with Crippen molar-refractivity contribution in [2.45, 2.75) is 38.5 Å². The molecule has 0 bridgehead atoms. The maximum atomic E-state index is 9.55. The first-order valence-electron chi connectivity index (χ1n) is 6.27. The number of hydrogen-bond donors (Lipinski definition) is 1. The summed E-state index contributed by atoms with van der Waals surface area (Å²) in [6, 6.07) is 2.15. The van der Waals surface area contributed by atoms with Crippen molar-refractivity contribution in [1.29, 1.82) is 0 Å².